The van der Waals surface area contributed by atoms with Crippen LogP contribution in [-0.2, 0) is 11.4 Å². The summed E-state index contributed by atoms with van der Waals surface area (Å²) in [6.07, 6.45) is 1.39. The number of nitriles is 1. The fourth-order valence-corrected chi connectivity index (χ4v) is 2.65. The van der Waals surface area contributed by atoms with Gasteiger partial charge in [-0.1, -0.05) is 35.3 Å². The Bertz CT molecular complexity index is 869. The van der Waals surface area contributed by atoms with Gasteiger partial charge in [0.1, 0.15) is 18.2 Å². The maximum atomic E-state index is 11.2. The summed E-state index contributed by atoms with van der Waals surface area (Å²) in [7, 11) is 0. The van der Waals surface area contributed by atoms with E-state index in [1.165, 1.54) is 6.08 Å². The van der Waals surface area contributed by atoms with E-state index < -0.39 is 5.91 Å². The maximum Gasteiger partial charge on any atom is 0.259 e. The number of carbonyl (C=O) groups excluding carboxylic acids is 1. The van der Waals surface area contributed by atoms with Gasteiger partial charge in [0.2, 0.25) is 0 Å². The number of benzene rings is 2. The number of amides is 1. The first-order chi connectivity index (χ1) is 12.5. The standard InChI is InChI=1S/C19H16Cl2N2O3/c1-2-25-18-9-12(8-13(10-22)19(23)24)6-7-17(18)26-11-14-15(20)4-3-5-16(14)21/h3-9H,2,11H2,1H3,(H2,23,24). The minimum Gasteiger partial charge on any atom is -0.490 e. The highest BCUT2D eigenvalue weighted by Crippen LogP contribution is 2.32. The monoisotopic (exact) mass is 390 g/mol. The maximum absolute atomic E-state index is 11.2. The molecule has 0 saturated carbocycles. The Balaban J connectivity index is 2.29. The van der Waals surface area contributed by atoms with Crippen molar-refractivity contribution < 1.29 is 14.3 Å². The third kappa shape index (κ3) is 4.92. The molecule has 2 N–H and O–H groups in total. The van der Waals surface area contributed by atoms with Crippen LogP contribution < -0.4 is 15.2 Å². The van der Waals surface area contributed by atoms with E-state index in [-0.39, 0.29) is 12.2 Å². The van der Waals surface area contributed by atoms with Crippen LogP contribution >= 0.6 is 23.2 Å². The fraction of sp³-hybridized carbons (Fsp3) is 0.158. The zero-order chi connectivity index (χ0) is 19.1. The van der Waals surface area contributed by atoms with Crippen molar-refractivity contribution in [1.82, 2.24) is 0 Å². The highest BCUT2D eigenvalue weighted by Gasteiger charge is 2.11. The highest BCUT2D eigenvalue weighted by molar-refractivity contribution is 6.35. The van der Waals surface area contributed by atoms with Gasteiger partial charge in [-0.05, 0) is 42.8 Å². The van der Waals surface area contributed by atoms with E-state index >= 15 is 0 Å². The van der Waals surface area contributed by atoms with E-state index in [1.807, 2.05) is 6.92 Å². The number of halogens is 2. The molecule has 0 heterocycles. The van der Waals surface area contributed by atoms with Gasteiger partial charge >= 0.3 is 0 Å². The minimum atomic E-state index is -0.792. The molecular weight excluding hydrogens is 375 g/mol. The van der Waals surface area contributed by atoms with Gasteiger partial charge < -0.3 is 15.2 Å². The Kier molecular flexibility index (Phi) is 6.90. The number of hydrogen-bond acceptors (Lipinski definition) is 4. The quantitative estimate of drug-likeness (QED) is 0.561. The molecule has 1 amide bonds. The SMILES string of the molecule is CCOc1cc(C=C(C#N)C(N)=O)ccc1OCc1c(Cl)cccc1Cl. The van der Waals surface area contributed by atoms with Crippen LogP contribution in [0.25, 0.3) is 6.08 Å². The smallest absolute Gasteiger partial charge is 0.259 e. The second-order valence-electron chi connectivity index (χ2n) is 5.16. The summed E-state index contributed by atoms with van der Waals surface area (Å²) in [6, 6.07) is 12.0. The second-order valence-corrected chi connectivity index (χ2v) is 5.98. The number of ether oxygens (including phenoxy) is 2. The Hall–Kier alpha value is -2.68. The van der Waals surface area contributed by atoms with Gasteiger partial charge in [-0.25, -0.2) is 0 Å². The Labute approximate surface area is 161 Å². The van der Waals surface area contributed by atoms with Crippen LogP contribution in [-0.4, -0.2) is 12.5 Å². The van der Waals surface area contributed by atoms with E-state index in [0.29, 0.717) is 39.3 Å². The van der Waals surface area contributed by atoms with Crippen LogP contribution in [0.5, 0.6) is 11.5 Å². The molecule has 0 atom stereocenters. The summed E-state index contributed by atoms with van der Waals surface area (Å²) < 4.78 is 11.4. The summed E-state index contributed by atoms with van der Waals surface area (Å²) >= 11 is 12.3. The molecule has 134 valence electrons. The molecule has 0 aliphatic heterocycles. The summed E-state index contributed by atoms with van der Waals surface area (Å²) in [5.74, 6) is 0.155. The molecule has 0 aliphatic carbocycles. The first-order valence-electron chi connectivity index (χ1n) is 7.70. The second kappa shape index (κ2) is 9.14. The highest BCUT2D eigenvalue weighted by atomic mass is 35.5. The molecular formula is C19H16Cl2N2O3. The number of primary amides is 1. The number of hydrogen-bond donors (Lipinski definition) is 1. The van der Waals surface area contributed by atoms with E-state index in [2.05, 4.69) is 0 Å². The molecule has 0 aliphatic rings. The molecule has 2 aromatic rings. The first kappa shape index (κ1) is 19.6. The van der Waals surface area contributed by atoms with Crippen molar-refractivity contribution in [2.45, 2.75) is 13.5 Å². The van der Waals surface area contributed by atoms with E-state index in [4.69, 9.17) is 43.7 Å². The largest absolute Gasteiger partial charge is 0.490 e. The van der Waals surface area contributed by atoms with Crippen molar-refractivity contribution in [2.24, 2.45) is 5.73 Å². The third-order valence-electron chi connectivity index (χ3n) is 3.40. The predicted molar refractivity (Wildman–Crippen MR) is 101 cm³/mol. The molecule has 0 saturated heterocycles. The van der Waals surface area contributed by atoms with Gasteiger partial charge in [0, 0.05) is 15.6 Å². The number of rotatable bonds is 7. The topological polar surface area (TPSA) is 85.3 Å². The van der Waals surface area contributed by atoms with Crippen LogP contribution in [0.2, 0.25) is 10.0 Å². The average Bonchev–Trinajstić information content (AvgIpc) is 2.60. The lowest BCUT2D eigenvalue weighted by molar-refractivity contribution is -0.114. The van der Waals surface area contributed by atoms with Gasteiger partial charge in [0.15, 0.2) is 11.5 Å². The number of nitrogens with two attached hydrogens (primary N) is 1. The Morgan fingerprint density at radius 3 is 2.46 bits per heavy atom. The number of nitrogens with zero attached hydrogens (tertiary/aromatic N) is 1. The zero-order valence-corrected chi connectivity index (χ0v) is 15.5. The van der Waals surface area contributed by atoms with Crippen molar-refractivity contribution in [3.8, 4) is 17.6 Å². The lowest BCUT2D eigenvalue weighted by Gasteiger charge is -2.14. The lowest BCUT2D eigenvalue weighted by Crippen LogP contribution is -2.12. The number of carbonyl (C=O) groups is 1. The molecule has 0 radical (unpaired) electrons. The van der Waals surface area contributed by atoms with Crippen LogP contribution in [0.3, 0.4) is 0 Å². The molecule has 7 heteroatoms. The average molecular weight is 391 g/mol. The molecule has 0 aromatic heterocycles. The van der Waals surface area contributed by atoms with Crippen molar-refractivity contribution in [3.63, 3.8) is 0 Å². The molecule has 5 nitrogen and oxygen atoms in total. The van der Waals surface area contributed by atoms with Gasteiger partial charge in [-0.15, -0.1) is 0 Å². The minimum absolute atomic E-state index is 0.149. The van der Waals surface area contributed by atoms with E-state index in [1.54, 1.807) is 42.5 Å². The summed E-state index contributed by atoms with van der Waals surface area (Å²) in [6.45, 7) is 2.41. The van der Waals surface area contributed by atoms with Crippen molar-refractivity contribution in [1.29, 1.82) is 5.26 Å². The lowest BCUT2D eigenvalue weighted by atomic mass is 10.1. The molecule has 0 fully saturated rings. The fourth-order valence-electron chi connectivity index (χ4n) is 2.15. The molecule has 2 aromatic carbocycles. The Morgan fingerprint density at radius 2 is 1.88 bits per heavy atom. The van der Waals surface area contributed by atoms with E-state index in [0.717, 1.165) is 0 Å². The van der Waals surface area contributed by atoms with Crippen LogP contribution in [0, 0.1) is 11.3 Å². The van der Waals surface area contributed by atoms with E-state index in [9.17, 15) is 4.79 Å². The van der Waals surface area contributed by atoms with Gasteiger partial charge in [0.05, 0.1) is 6.61 Å². The normalized spacial score (nSPS) is 10.9. The van der Waals surface area contributed by atoms with Crippen molar-refractivity contribution in [2.75, 3.05) is 6.61 Å². The van der Waals surface area contributed by atoms with Crippen molar-refractivity contribution in [3.05, 3.63) is 63.1 Å². The van der Waals surface area contributed by atoms with Gasteiger partial charge in [-0.2, -0.15) is 5.26 Å². The molecule has 0 bridgehead atoms. The Morgan fingerprint density at radius 1 is 1.19 bits per heavy atom. The van der Waals surface area contributed by atoms with Crippen LogP contribution in [0.1, 0.15) is 18.1 Å². The predicted octanol–water partition coefficient (Wildman–Crippen LogP) is 4.36. The molecule has 0 spiro atoms. The summed E-state index contributed by atoms with van der Waals surface area (Å²) in [4.78, 5) is 11.2. The summed E-state index contributed by atoms with van der Waals surface area (Å²) in [5.41, 5.74) is 6.26. The van der Waals surface area contributed by atoms with Crippen LogP contribution in [0.4, 0.5) is 0 Å². The molecule has 26 heavy (non-hydrogen) atoms. The summed E-state index contributed by atoms with van der Waals surface area (Å²) in [5, 5.41) is 9.97. The molecule has 2 rings (SSSR count). The zero-order valence-electron chi connectivity index (χ0n) is 14.0. The van der Waals surface area contributed by atoms with Gasteiger partial charge in [-0.3, -0.25) is 4.79 Å². The van der Waals surface area contributed by atoms with Crippen LogP contribution in [0.15, 0.2) is 42.0 Å². The van der Waals surface area contributed by atoms with Gasteiger partial charge in [0.25, 0.3) is 5.91 Å². The first-order valence-corrected chi connectivity index (χ1v) is 8.46. The molecule has 0 unspecified atom stereocenters. The third-order valence-corrected chi connectivity index (χ3v) is 4.11. The van der Waals surface area contributed by atoms with Crippen molar-refractivity contribution >= 4 is 35.2 Å².